The molecule has 0 saturated heterocycles. The van der Waals surface area contributed by atoms with Gasteiger partial charge in [0.1, 0.15) is 5.75 Å². The molecule has 1 rings (SSSR count). The van der Waals surface area contributed by atoms with Gasteiger partial charge in [-0.3, -0.25) is 0 Å². The fraction of sp³-hybridized carbons (Fsp3) is 0.625. The highest BCUT2D eigenvalue weighted by Gasteiger charge is 2.03. The van der Waals surface area contributed by atoms with Crippen molar-refractivity contribution in [2.75, 3.05) is 0 Å². The van der Waals surface area contributed by atoms with E-state index in [1.165, 1.54) is 44.1 Å². The Morgan fingerprint density at radius 1 is 0.882 bits per heavy atom. The summed E-state index contributed by atoms with van der Waals surface area (Å²) < 4.78 is 0. The molecular weight excluding hydrogens is 208 g/mol. The number of rotatable bonds is 7. The minimum absolute atomic E-state index is 0.455. The predicted octanol–water partition coefficient (Wildman–Crippen LogP) is 4.91. The topological polar surface area (TPSA) is 20.2 Å². The third-order valence-electron chi connectivity index (χ3n) is 3.37. The summed E-state index contributed by atoms with van der Waals surface area (Å²) in [4.78, 5) is 0. The summed E-state index contributed by atoms with van der Waals surface area (Å²) in [6, 6.07) is 4.24. The van der Waals surface area contributed by atoms with Gasteiger partial charge in [-0.15, -0.1) is 0 Å². The lowest BCUT2D eigenvalue weighted by molar-refractivity contribution is 0.466. The molecule has 1 aromatic rings. The van der Waals surface area contributed by atoms with Crippen LogP contribution in [0.25, 0.3) is 0 Å². The maximum absolute atomic E-state index is 9.70. The van der Waals surface area contributed by atoms with Crippen LogP contribution in [0.5, 0.6) is 5.75 Å². The highest BCUT2D eigenvalue weighted by Crippen LogP contribution is 2.23. The van der Waals surface area contributed by atoms with Crippen LogP contribution < -0.4 is 0 Å². The van der Waals surface area contributed by atoms with Crippen molar-refractivity contribution in [2.45, 2.75) is 65.7 Å². The van der Waals surface area contributed by atoms with Crippen LogP contribution in [0.4, 0.5) is 0 Å². The molecule has 0 atom stereocenters. The summed E-state index contributed by atoms with van der Waals surface area (Å²) in [5, 5.41) is 9.70. The first-order valence-electron chi connectivity index (χ1n) is 6.94. The molecule has 0 bridgehead atoms. The molecule has 0 amide bonds. The smallest absolute Gasteiger partial charge is 0.121 e. The summed E-state index contributed by atoms with van der Waals surface area (Å²) in [5.41, 5.74) is 3.38. The lowest BCUT2D eigenvalue weighted by atomic mass is 10.0. The first-order chi connectivity index (χ1) is 8.15. The molecule has 1 nitrogen and oxygen atoms in total. The van der Waals surface area contributed by atoms with Gasteiger partial charge in [-0.2, -0.15) is 0 Å². The van der Waals surface area contributed by atoms with Crippen molar-refractivity contribution < 1.29 is 5.11 Å². The number of hydrogen-bond acceptors (Lipinski definition) is 1. The van der Waals surface area contributed by atoms with Crippen LogP contribution in [0.1, 0.15) is 62.1 Å². The van der Waals surface area contributed by atoms with Crippen molar-refractivity contribution in [2.24, 2.45) is 0 Å². The van der Waals surface area contributed by atoms with Gasteiger partial charge in [-0.1, -0.05) is 51.2 Å². The molecule has 1 aromatic carbocycles. The SMILES string of the molecule is CCCCCCCCc1cc(C)c(O)c(C)c1. The van der Waals surface area contributed by atoms with Crippen molar-refractivity contribution in [1.29, 1.82) is 0 Å². The zero-order valence-corrected chi connectivity index (χ0v) is 11.6. The van der Waals surface area contributed by atoms with E-state index in [9.17, 15) is 5.11 Å². The fourth-order valence-corrected chi connectivity index (χ4v) is 2.30. The molecule has 0 aliphatic carbocycles. The second-order valence-corrected chi connectivity index (χ2v) is 5.10. The summed E-state index contributed by atoms with van der Waals surface area (Å²) in [6.07, 6.45) is 9.18. The van der Waals surface area contributed by atoms with E-state index in [4.69, 9.17) is 0 Å². The highest BCUT2D eigenvalue weighted by molar-refractivity contribution is 5.42. The molecule has 17 heavy (non-hydrogen) atoms. The molecule has 1 N–H and O–H groups in total. The Hall–Kier alpha value is -0.980. The van der Waals surface area contributed by atoms with E-state index in [-0.39, 0.29) is 0 Å². The summed E-state index contributed by atoms with van der Waals surface area (Å²) >= 11 is 0. The highest BCUT2D eigenvalue weighted by atomic mass is 16.3. The van der Waals surface area contributed by atoms with Crippen LogP contribution in [0, 0.1) is 13.8 Å². The van der Waals surface area contributed by atoms with E-state index >= 15 is 0 Å². The molecular formula is C16H26O. The molecule has 0 spiro atoms. The Kier molecular flexibility index (Phi) is 6.10. The minimum atomic E-state index is 0.455. The van der Waals surface area contributed by atoms with Gasteiger partial charge in [-0.25, -0.2) is 0 Å². The molecule has 0 aromatic heterocycles. The molecule has 0 radical (unpaired) electrons. The molecule has 1 heteroatoms. The summed E-state index contributed by atoms with van der Waals surface area (Å²) in [5.74, 6) is 0.455. The van der Waals surface area contributed by atoms with E-state index in [0.717, 1.165) is 17.5 Å². The zero-order valence-electron chi connectivity index (χ0n) is 11.6. The van der Waals surface area contributed by atoms with Gasteiger partial charge in [-0.05, 0) is 43.4 Å². The normalized spacial score (nSPS) is 10.8. The second-order valence-electron chi connectivity index (χ2n) is 5.10. The Morgan fingerprint density at radius 2 is 1.41 bits per heavy atom. The largest absolute Gasteiger partial charge is 0.507 e. The van der Waals surface area contributed by atoms with Crippen molar-refractivity contribution in [1.82, 2.24) is 0 Å². The number of benzene rings is 1. The van der Waals surface area contributed by atoms with Crippen LogP contribution in [0.15, 0.2) is 12.1 Å². The Balaban J connectivity index is 2.32. The molecule has 0 aliphatic heterocycles. The van der Waals surface area contributed by atoms with Crippen molar-refractivity contribution in [3.63, 3.8) is 0 Å². The monoisotopic (exact) mass is 234 g/mol. The standard InChI is InChI=1S/C16H26O/c1-4-5-6-7-8-9-10-15-11-13(2)16(17)14(3)12-15/h11-12,17H,4-10H2,1-3H3. The summed E-state index contributed by atoms with van der Waals surface area (Å²) in [6.45, 7) is 6.21. The van der Waals surface area contributed by atoms with Gasteiger partial charge in [0.2, 0.25) is 0 Å². The molecule has 0 fully saturated rings. The fourth-order valence-electron chi connectivity index (χ4n) is 2.30. The molecule has 0 unspecified atom stereocenters. The van der Waals surface area contributed by atoms with Gasteiger partial charge in [0.05, 0.1) is 0 Å². The third-order valence-corrected chi connectivity index (χ3v) is 3.37. The number of aryl methyl sites for hydroxylation is 3. The molecule has 0 aliphatic rings. The van der Waals surface area contributed by atoms with Crippen molar-refractivity contribution in [3.05, 3.63) is 28.8 Å². The van der Waals surface area contributed by atoms with Crippen LogP contribution in [0.3, 0.4) is 0 Å². The third kappa shape index (κ3) is 4.80. The molecule has 0 saturated carbocycles. The van der Waals surface area contributed by atoms with Gasteiger partial charge < -0.3 is 5.11 Å². The Bertz CT molecular complexity index is 318. The summed E-state index contributed by atoms with van der Waals surface area (Å²) in [7, 11) is 0. The van der Waals surface area contributed by atoms with Crippen LogP contribution in [-0.4, -0.2) is 5.11 Å². The van der Waals surface area contributed by atoms with E-state index < -0.39 is 0 Å². The van der Waals surface area contributed by atoms with E-state index in [2.05, 4.69) is 19.1 Å². The van der Waals surface area contributed by atoms with Gasteiger partial charge >= 0.3 is 0 Å². The average Bonchev–Trinajstić information content (AvgIpc) is 2.30. The van der Waals surface area contributed by atoms with Crippen LogP contribution in [-0.2, 0) is 6.42 Å². The maximum Gasteiger partial charge on any atom is 0.121 e. The Morgan fingerprint density at radius 3 is 2.00 bits per heavy atom. The lowest BCUT2D eigenvalue weighted by Crippen LogP contribution is -1.90. The zero-order chi connectivity index (χ0) is 12.7. The predicted molar refractivity (Wildman–Crippen MR) is 74.7 cm³/mol. The van der Waals surface area contributed by atoms with E-state index in [1.54, 1.807) is 0 Å². The van der Waals surface area contributed by atoms with Gasteiger partial charge in [0.15, 0.2) is 0 Å². The maximum atomic E-state index is 9.70. The van der Waals surface area contributed by atoms with Gasteiger partial charge in [0, 0.05) is 0 Å². The quantitative estimate of drug-likeness (QED) is 0.664. The lowest BCUT2D eigenvalue weighted by Gasteiger charge is -2.08. The minimum Gasteiger partial charge on any atom is -0.507 e. The number of unbranched alkanes of at least 4 members (excludes halogenated alkanes) is 5. The van der Waals surface area contributed by atoms with Crippen LogP contribution in [0.2, 0.25) is 0 Å². The van der Waals surface area contributed by atoms with E-state index in [1.807, 2.05) is 13.8 Å². The average molecular weight is 234 g/mol. The number of aromatic hydroxyl groups is 1. The van der Waals surface area contributed by atoms with Crippen molar-refractivity contribution >= 4 is 0 Å². The number of phenols is 1. The first-order valence-corrected chi connectivity index (χ1v) is 6.94. The number of phenolic OH excluding ortho intramolecular Hbond substituents is 1. The second kappa shape index (κ2) is 7.37. The first kappa shape index (κ1) is 14.1. The van der Waals surface area contributed by atoms with E-state index in [0.29, 0.717) is 5.75 Å². The van der Waals surface area contributed by atoms with Gasteiger partial charge in [0.25, 0.3) is 0 Å². The van der Waals surface area contributed by atoms with Crippen LogP contribution >= 0.6 is 0 Å². The van der Waals surface area contributed by atoms with Crippen molar-refractivity contribution in [3.8, 4) is 5.75 Å². The Labute approximate surface area is 106 Å². The molecule has 96 valence electrons. The number of hydrogen-bond donors (Lipinski definition) is 1. The molecule has 0 heterocycles.